The molecule has 1 N–H and O–H groups in total. The van der Waals surface area contributed by atoms with E-state index in [0.29, 0.717) is 0 Å². The highest BCUT2D eigenvalue weighted by molar-refractivity contribution is 4.55. The predicted octanol–water partition coefficient (Wildman–Crippen LogP) is 0.717. The van der Waals surface area contributed by atoms with Crippen LogP contribution in [0.5, 0.6) is 0 Å². The number of nitrogens with one attached hydrogen (secondary N) is 1. The summed E-state index contributed by atoms with van der Waals surface area (Å²) in [6, 6.07) is 0. The molecule has 6 heavy (non-hydrogen) atoms. The lowest BCUT2D eigenvalue weighted by molar-refractivity contribution is 0.856. The van der Waals surface area contributed by atoms with Crippen molar-refractivity contribution < 1.29 is 0 Å². The quantitative estimate of drug-likeness (QED) is 0.389. The molecule has 0 radical (unpaired) electrons. The molecule has 0 fully saturated rings. The Labute approximate surface area is 36.7 Å². The van der Waals surface area contributed by atoms with Crippen molar-refractivity contribution in [2.24, 2.45) is 10.3 Å². The first-order chi connectivity index (χ1) is 2.91. The van der Waals surface area contributed by atoms with E-state index in [1.165, 1.54) is 6.20 Å². The maximum absolute atomic E-state index is 3.37. The Bertz CT molecular complexity index is 57.1. The third-order valence-electron chi connectivity index (χ3n) is 0.249. The van der Waals surface area contributed by atoms with E-state index < -0.39 is 0 Å². The fraction of sp³-hybridized carbons (Fsp3) is 0.333. The standard InChI is InChI=1S/C3H7N3/c1-3-5-6-4-2/h3H,1H2,2H3,(H,4,5). The van der Waals surface area contributed by atoms with Crippen LogP contribution in [0.25, 0.3) is 0 Å². The number of nitrogens with zero attached hydrogens (tertiary/aromatic N) is 2. The fourth-order valence-electron chi connectivity index (χ4n) is 0.0986. The van der Waals surface area contributed by atoms with E-state index in [0.717, 1.165) is 0 Å². The molecule has 0 saturated heterocycles. The lowest BCUT2D eigenvalue weighted by atomic mass is 11.1. The summed E-state index contributed by atoms with van der Waals surface area (Å²) in [6.45, 7) is 3.33. The zero-order valence-corrected chi connectivity index (χ0v) is 3.68. The molecule has 0 bridgehead atoms. The van der Waals surface area contributed by atoms with Crippen LogP contribution in [0.2, 0.25) is 0 Å². The molecule has 0 aliphatic rings. The van der Waals surface area contributed by atoms with E-state index in [2.05, 4.69) is 22.3 Å². The number of hydrogen-bond donors (Lipinski definition) is 1. The molecule has 3 heteroatoms. The molecule has 0 aromatic rings. The topological polar surface area (TPSA) is 36.8 Å². The van der Waals surface area contributed by atoms with Crippen molar-refractivity contribution in [3.63, 3.8) is 0 Å². The van der Waals surface area contributed by atoms with E-state index in [4.69, 9.17) is 0 Å². The van der Waals surface area contributed by atoms with E-state index >= 15 is 0 Å². The molecule has 0 rings (SSSR count). The van der Waals surface area contributed by atoms with Crippen molar-refractivity contribution >= 4 is 0 Å². The average Bonchev–Trinajstić information content (AvgIpc) is 1.61. The Kier molecular flexibility index (Phi) is 3.55. The Morgan fingerprint density at radius 3 is 2.67 bits per heavy atom. The SMILES string of the molecule is C=CNN=NC. The van der Waals surface area contributed by atoms with Crippen molar-refractivity contribution in [3.8, 4) is 0 Å². The second kappa shape index (κ2) is 4.14. The Balaban J connectivity index is 2.85. The zero-order chi connectivity index (χ0) is 4.83. The molecule has 0 saturated carbocycles. The van der Waals surface area contributed by atoms with Crippen molar-refractivity contribution in [3.05, 3.63) is 12.8 Å². The molecule has 0 unspecified atom stereocenters. The molecule has 0 spiro atoms. The van der Waals surface area contributed by atoms with Gasteiger partial charge in [0.1, 0.15) is 0 Å². The van der Waals surface area contributed by atoms with Crippen molar-refractivity contribution in [2.45, 2.75) is 0 Å². The van der Waals surface area contributed by atoms with E-state index in [9.17, 15) is 0 Å². The van der Waals surface area contributed by atoms with Gasteiger partial charge in [-0.1, -0.05) is 11.8 Å². The second-order valence-electron chi connectivity index (χ2n) is 0.633. The van der Waals surface area contributed by atoms with Crippen LogP contribution in [0.15, 0.2) is 23.1 Å². The van der Waals surface area contributed by atoms with Gasteiger partial charge < -0.3 is 0 Å². The first kappa shape index (κ1) is 5.14. The first-order valence-electron chi connectivity index (χ1n) is 1.57. The van der Waals surface area contributed by atoms with Crippen LogP contribution in [-0.2, 0) is 0 Å². The summed E-state index contributed by atoms with van der Waals surface area (Å²) in [7, 11) is 1.58. The molecule has 0 aliphatic heterocycles. The molecule has 0 atom stereocenters. The maximum Gasteiger partial charge on any atom is 0.0509 e. The molecular formula is C3H7N3. The van der Waals surface area contributed by atoms with E-state index in [-0.39, 0.29) is 0 Å². The highest BCUT2D eigenvalue weighted by atomic mass is 15.4. The number of hydrogen-bond acceptors (Lipinski definition) is 2. The van der Waals surface area contributed by atoms with Gasteiger partial charge in [0, 0.05) is 6.20 Å². The normalized spacial score (nSPS) is 8.83. The van der Waals surface area contributed by atoms with Gasteiger partial charge in [0.25, 0.3) is 0 Å². The van der Waals surface area contributed by atoms with Crippen LogP contribution < -0.4 is 5.43 Å². The van der Waals surface area contributed by atoms with E-state index in [1.807, 2.05) is 0 Å². The summed E-state index contributed by atoms with van der Waals surface area (Å²) in [6.07, 6.45) is 1.45. The van der Waals surface area contributed by atoms with Gasteiger partial charge >= 0.3 is 0 Å². The minimum absolute atomic E-state index is 1.45. The summed E-state index contributed by atoms with van der Waals surface area (Å²) >= 11 is 0. The number of rotatable bonds is 2. The third kappa shape index (κ3) is 3.14. The summed E-state index contributed by atoms with van der Waals surface area (Å²) in [5.41, 5.74) is 2.42. The van der Waals surface area contributed by atoms with Crippen LogP contribution in [0.1, 0.15) is 0 Å². The fourth-order valence-corrected chi connectivity index (χ4v) is 0.0986. The van der Waals surface area contributed by atoms with Gasteiger partial charge in [-0.05, 0) is 0 Å². The van der Waals surface area contributed by atoms with Gasteiger partial charge in [-0.2, -0.15) is 5.11 Å². The Hall–Kier alpha value is -0.860. The van der Waals surface area contributed by atoms with Gasteiger partial charge in [0.05, 0.1) is 7.05 Å². The third-order valence-corrected chi connectivity index (χ3v) is 0.249. The van der Waals surface area contributed by atoms with Crippen LogP contribution in [0.4, 0.5) is 0 Å². The van der Waals surface area contributed by atoms with Crippen LogP contribution in [-0.4, -0.2) is 7.05 Å². The summed E-state index contributed by atoms with van der Waals surface area (Å²) in [5.74, 6) is 0. The first-order valence-corrected chi connectivity index (χ1v) is 1.57. The zero-order valence-electron chi connectivity index (χ0n) is 3.68. The van der Waals surface area contributed by atoms with Crippen LogP contribution >= 0.6 is 0 Å². The minimum Gasteiger partial charge on any atom is -0.268 e. The predicted molar refractivity (Wildman–Crippen MR) is 24.1 cm³/mol. The highest BCUT2D eigenvalue weighted by Gasteiger charge is 1.51. The second-order valence-corrected chi connectivity index (χ2v) is 0.633. The molecule has 0 heterocycles. The average molecular weight is 85.1 g/mol. The van der Waals surface area contributed by atoms with Gasteiger partial charge in [-0.3, -0.25) is 5.43 Å². The molecule has 0 amide bonds. The van der Waals surface area contributed by atoms with Crippen LogP contribution in [0, 0.1) is 0 Å². The Morgan fingerprint density at radius 1 is 1.83 bits per heavy atom. The van der Waals surface area contributed by atoms with Crippen molar-refractivity contribution in [1.82, 2.24) is 5.43 Å². The molecule has 3 nitrogen and oxygen atoms in total. The smallest absolute Gasteiger partial charge is 0.0509 e. The minimum atomic E-state index is 1.45. The molecule has 0 aromatic heterocycles. The Morgan fingerprint density at radius 2 is 2.50 bits per heavy atom. The molecule has 0 aliphatic carbocycles. The van der Waals surface area contributed by atoms with Gasteiger partial charge in [-0.25, -0.2) is 0 Å². The summed E-state index contributed by atoms with van der Waals surface area (Å²) in [4.78, 5) is 0. The summed E-state index contributed by atoms with van der Waals surface area (Å²) in [5, 5.41) is 6.72. The molecular weight excluding hydrogens is 78.1 g/mol. The highest BCUT2D eigenvalue weighted by Crippen LogP contribution is 1.56. The van der Waals surface area contributed by atoms with Crippen molar-refractivity contribution in [2.75, 3.05) is 7.05 Å². The monoisotopic (exact) mass is 85.1 g/mol. The van der Waals surface area contributed by atoms with Gasteiger partial charge in [0.15, 0.2) is 0 Å². The molecule has 0 aromatic carbocycles. The summed E-state index contributed by atoms with van der Waals surface area (Å²) < 4.78 is 0. The maximum atomic E-state index is 3.37. The lowest BCUT2D eigenvalue weighted by Gasteiger charge is -1.77. The molecule has 34 valence electrons. The van der Waals surface area contributed by atoms with Gasteiger partial charge in [-0.15, -0.1) is 0 Å². The van der Waals surface area contributed by atoms with Crippen molar-refractivity contribution in [1.29, 1.82) is 0 Å². The van der Waals surface area contributed by atoms with E-state index in [1.54, 1.807) is 7.05 Å². The van der Waals surface area contributed by atoms with Crippen LogP contribution in [0.3, 0.4) is 0 Å². The van der Waals surface area contributed by atoms with Gasteiger partial charge in [0.2, 0.25) is 0 Å². The lowest BCUT2D eigenvalue weighted by Crippen LogP contribution is -1.86. The largest absolute Gasteiger partial charge is 0.268 e.